The summed E-state index contributed by atoms with van der Waals surface area (Å²) >= 11 is 0. The molecule has 1 amide bonds. The zero-order valence-electron chi connectivity index (χ0n) is 16.9. The summed E-state index contributed by atoms with van der Waals surface area (Å²) in [5.41, 5.74) is 6.92. The molecule has 0 fully saturated rings. The van der Waals surface area contributed by atoms with E-state index in [0.717, 1.165) is 24.9 Å². The Bertz CT molecular complexity index is 951. The summed E-state index contributed by atoms with van der Waals surface area (Å²) in [6.07, 6.45) is 3.12. The largest absolute Gasteiger partial charge is 0.369 e. The Hall–Kier alpha value is -3.50. The quantitative estimate of drug-likeness (QED) is 0.350. The lowest BCUT2D eigenvalue weighted by molar-refractivity contribution is 0.0949. The van der Waals surface area contributed by atoms with Gasteiger partial charge in [0.05, 0.1) is 6.54 Å². The van der Waals surface area contributed by atoms with E-state index in [0.29, 0.717) is 43.3 Å². The maximum Gasteiger partial charge on any atom is 0.271 e. The van der Waals surface area contributed by atoms with Crippen LogP contribution in [-0.2, 0) is 13.0 Å². The van der Waals surface area contributed by atoms with E-state index in [1.165, 1.54) is 16.9 Å². The van der Waals surface area contributed by atoms with Gasteiger partial charge in [-0.15, -0.1) is 10.2 Å². The average Bonchev–Trinajstić information content (AvgIpc) is 3.33. The van der Waals surface area contributed by atoms with Gasteiger partial charge in [-0.1, -0.05) is 25.5 Å². The van der Waals surface area contributed by atoms with Crippen LogP contribution >= 0.6 is 0 Å². The smallest absolute Gasteiger partial charge is 0.271 e. The van der Waals surface area contributed by atoms with E-state index in [2.05, 4.69) is 42.9 Å². The van der Waals surface area contributed by atoms with Gasteiger partial charge in [0.15, 0.2) is 17.6 Å². The van der Waals surface area contributed by atoms with Crippen LogP contribution in [0.15, 0.2) is 24.3 Å². The molecule has 30 heavy (non-hydrogen) atoms. The summed E-state index contributed by atoms with van der Waals surface area (Å²) in [6, 6.07) is 6.19. The number of tetrazole rings is 1. The minimum atomic E-state index is -0.279. The SMILES string of the molecule is CCCCNc1nc(N)[nH]c1C(=O)NCCCn1nnc(Cc2ccc(F)cc2)n1. The van der Waals surface area contributed by atoms with Crippen molar-refractivity contribution in [2.45, 2.75) is 39.2 Å². The highest BCUT2D eigenvalue weighted by molar-refractivity contribution is 5.97. The molecule has 0 aliphatic heterocycles. The van der Waals surface area contributed by atoms with Gasteiger partial charge in [0, 0.05) is 19.5 Å². The number of carbonyl (C=O) groups excluding carboxylic acids is 1. The molecule has 160 valence electrons. The Kier molecular flexibility index (Phi) is 7.30. The van der Waals surface area contributed by atoms with Crippen LogP contribution in [0, 0.1) is 5.82 Å². The zero-order valence-corrected chi connectivity index (χ0v) is 16.9. The molecule has 0 atom stereocenters. The first kappa shape index (κ1) is 21.2. The second kappa shape index (κ2) is 10.3. The number of H-pyrrole nitrogens is 1. The second-order valence-electron chi connectivity index (χ2n) is 6.84. The molecule has 0 radical (unpaired) electrons. The molecule has 0 aliphatic carbocycles. The minimum absolute atomic E-state index is 0.194. The summed E-state index contributed by atoms with van der Waals surface area (Å²) in [4.78, 5) is 20.8. The molecule has 0 unspecified atom stereocenters. The molecule has 3 rings (SSSR count). The molecule has 1 aromatic carbocycles. The maximum absolute atomic E-state index is 13.0. The van der Waals surface area contributed by atoms with Crippen LogP contribution in [0.4, 0.5) is 16.2 Å². The van der Waals surface area contributed by atoms with Gasteiger partial charge in [-0.3, -0.25) is 4.79 Å². The van der Waals surface area contributed by atoms with Crippen molar-refractivity contribution in [1.29, 1.82) is 0 Å². The van der Waals surface area contributed by atoms with E-state index in [1.807, 2.05) is 0 Å². The van der Waals surface area contributed by atoms with E-state index >= 15 is 0 Å². The Morgan fingerprint density at radius 3 is 2.80 bits per heavy atom. The third kappa shape index (κ3) is 6.00. The molecule has 11 heteroatoms. The van der Waals surface area contributed by atoms with Crippen LogP contribution in [0.2, 0.25) is 0 Å². The molecule has 3 aromatic rings. The number of aromatic nitrogens is 6. The van der Waals surface area contributed by atoms with Crippen molar-refractivity contribution < 1.29 is 9.18 Å². The van der Waals surface area contributed by atoms with Crippen LogP contribution in [0.3, 0.4) is 0 Å². The maximum atomic E-state index is 13.0. The van der Waals surface area contributed by atoms with Crippen molar-refractivity contribution in [3.8, 4) is 0 Å². The van der Waals surface area contributed by atoms with Gasteiger partial charge in [-0.05, 0) is 35.8 Å². The van der Waals surface area contributed by atoms with Crippen LogP contribution in [0.5, 0.6) is 0 Å². The molecule has 0 spiro atoms. The van der Waals surface area contributed by atoms with E-state index in [1.54, 1.807) is 12.1 Å². The fraction of sp³-hybridized carbons (Fsp3) is 0.421. The van der Waals surface area contributed by atoms with Gasteiger partial charge in [0.2, 0.25) is 0 Å². The zero-order chi connectivity index (χ0) is 21.3. The highest BCUT2D eigenvalue weighted by Gasteiger charge is 2.16. The highest BCUT2D eigenvalue weighted by atomic mass is 19.1. The lowest BCUT2D eigenvalue weighted by Crippen LogP contribution is -2.26. The summed E-state index contributed by atoms with van der Waals surface area (Å²) in [5.74, 6) is 0.656. The molecule has 5 N–H and O–H groups in total. The number of anilines is 2. The molecule has 10 nitrogen and oxygen atoms in total. The van der Waals surface area contributed by atoms with Gasteiger partial charge in [0.1, 0.15) is 11.5 Å². The van der Waals surface area contributed by atoms with Crippen LogP contribution in [-0.4, -0.2) is 49.2 Å². The number of hydrogen-bond acceptors (Lipinski definition) is 7. The lowest BCUT2D eigenvalue weighted by atomic mass is 10.1. The Balaban J connectivity index is 1.43. The van der Waals surface area contributed by atoms with Crippen molar-refractivity contribution in [3.05, 3.63) is 47.2 Å². The number of nitrogens with zero attached hydrogens (tertiary/aromatic N) is 5. The predicted octanol–water partition coefficient (Wildman–Crippen LogP) is 1.74. The molecule has 0 bridgehead atoms. The summed E-state index contributed by atoms with van der Waals surface area (Å²) in [7, 11) is 0. The predicted molar refractivity (Wildman–Crippen MR) is 110 cm³/mol. The number of nitrogen functional groups attached to an aromatic ring is 1. The molecule has 2 aromatic heterocycles. The van der Waals surface area contributed by atoms with Crippen LogP contribution in [0.1, 0.15) is 48.1 Å². The van der Waals surface area contributed by atoms with Crippen molar-refractivity contribution in [3.63, 3.8) is 0 Å². The molecule has 2 heterocycles. The number of benzene rings is 1. The minimum Gasteiger partial charge on any atom is -0.369 e. The molecule has 0 saturated heterocycles. The number of aromatic amines is 1. The van der Waals surface area contributed by atoms with E-state index in [-0.39, 0.29) is 17.7 Å². The highest BCUT2D eigenvalue weighted by Crippen LogP contribution is 2.14. The van der Waals surface area contributed by atoms with Gasteiger partial charge in [0.25, 0.3) is 5.91 Å². The summed E-state index contributed by atoms with van der Waals surface area (Å²) in [6.45, 7) is 3.74. The van der Waals surface area contributed by atoms with E-state index < -0.39 is 0 Å². The number of nitrogens with two attached hydrogens (primary N) is 1. The fourth-order valence-corrected chi connectivity index (χ4v) is 2.80. The lowest BCUT2D eigenvalue weighted by Gasteiger charge is -2.06. The molecular weight excluding hydrogens is 389 g/mol. The Labute approximate surface area is 173 Å². The second-order valence-corrected chi connectivity index (χ2v) is 6.84. The van der Waals surface area contributed by atoms with Gasteiger partial charge < -0.3 is 21.4 Å². The number of unbranched alkanes of at least 4 members (excludes halogenated alkanes) is 1. The third-order valence-electron chi connectivity index (χ3n) is 4.36. The summed E-state index contributed by atoms with van der Waals surface area (Å²) in [5, 5.41) is 18.3. The number of amides is 1. The molecule has 0 aliphatic rings. The summed E-state index contributed by atoms with van der Waals surface area (Å²) < 4.78 is 13.0. The van der Waals surface area contributed by atoms with Gasteiger partial charge in [-0.2, -0.15) is 9.78 Å². The number of hydrogen-bond donors (Lipinski definition) is 4. The van der Waals surface area contributed by atoms with E-state index in [9.17, 15) is 9.18 Å². The molecule has 0 saturated carbocycles. The number of nitrogens with one attached hydrogen (secondary N) is 3. The third-order valence-corrected chi connectivity index (χ3v) is 4.36. The number of aryl methyl sites for hydroxylation is 1. The first-order chi connectivity index (χ1) is 14.5. The monoisotopic (exact) mass is 415 g/mol. The number of imidazole rings is 1. The van der Waals surface area contributed by atoms with E-state index in [4.69, 9.17) is 5.73 Å². The van der Waals surface area contributed by atoms with Crippen LogP contribution < -0.4 is 16.4 Å². The number of halogens is 1. The van der Waals surface area contributed by atoms with Gasteiger partial charge in [-0.25, -0.2) is 4.39 Å². The van der Waals surface area contributed by atoms with Crippen molar-refractivity contribution in [2.75, 3.05) is 24.1 Å². The Morgan fingerprint density at radius 2 is 2.03 bits per heavy atom. The topological polar surface area (TPSA) is 139 Å². The first-order valence-corrected chi connectivity index (χ1v) is 9.94. The van der Waals surface area contributed by atoms with Gasteiger partial charge >= 0.3 is 0 Å². The normalized spacial score (nSPS) is 10.9. The Morgan fingerprint density at radius 1 is 1.23 bits per heavy atom. The average molecular weight is 415 g/mol. The van der Waals surface area contributed by atoms with Crippen molar-refractivity contribution >= 4 is 17.7 Å². The number of rotatable bonds is 11. The molecular formula is C19H26FN9O. The van der Waals surface area contributed by atoms with Crippen molar-refractivity contribution in [2.24, 2.45) is 0 Å². The van der Waals surface area contributed by atoms with Crippen molar-refractivity contribution in [1.82, 2.24) is 35.5 Å². The standard InChI is InChI=1S/C19H26FN9O/c1-2-3-9-22-17-16(24-19(21)25-17)18(30)23-10-4-11-29-27-15(26-28-29)12-13-5-7-14(20)8-6-13/h5-8,22H,2-4,9-12H2,1H3,(H,23,30)(H3,21,24,25). The number of carbonyl (C=O) groups is 1. The first-order valence-electron chi connectivity index (χ1n) is 9.94. The fourth-order valence-electron chi connectivity index (χ4n) is 2.80. The van der Waals surface area contributed by atoms with Crippen LogP contribution in [0.25, 0.3) is 0 Å².